The maximum Gasteiger partial charge on any atom is 0.242 e. The average Bonchev–Trinajstić information content (AvgIpc) is 3.23. The predicted molar refractivity (Wildman–Crippen MR) is 118 cm³/mol. The average molecular weight is 437 g/mol. The summed E-state index contributed by atoms with van der Waals surface area (Å²) < 4.78 is 5.14. The van der Waals surface area contributed by atoms with E-state index in [1.54, 1.807) is 42.1 Å². The van der Waals surface area contributed by atoms with Crippen LogP contribution in [-0.2, 0) is 27.4 Å². The van der Waals surface area contributed by atoms with E-state index in [1.807, 2.05) is 47.8 Å². The van der Waals surface area contributed by atoms with Crippen LogP contribution in [0.2, 0.25) is 0 Å². The van der Waals surface area contributed by atoms with Crippen LogP contribution in [-0.4, -0.2) is 54.3 Å². The summed E-state index contributed by atoms with van der Waals surface area (Å²) in [6, 6.07) is 13.9. The van der Waals surface area contributed by atoms with Crippen molar-refractivity contribution in [1.29, 1.82) is 0 Å². The molecule has 0 saturated heterocycles. The number of alkyl halides is 1. The molecule has 1 aromatic heterocycles. The Hall–Kier alpha value is -1.89. The Labute approximate surface area is 182 Å². The molecule has 0 bridgehead atoms. The minimum absolute atomic E-state index is 0.000715. The Morgan fingerprint density at radius 1 is 1.07 bits per heavy atom. The van der Waals surface area contributed by atoms with Gasteiger partial charge in [0, 0.05) is 31.0 Å². The third-order valence-corrected chi connectivity index (χ3v) is 6.12. The van der Waals surface area contributed by atoms with Gasteiger partial charge in [0.1, 0.15) is 0 Å². The molecule has 0 N–H and O–H groups in total. The molecular formula is C22H29ClN2O3S. The van der Waals surface area contributed by atoms with Gasteiger partial charge >= 0.3 is 0 Å². The van der Waals surface area contributed by atoms with E-state index in [1.165, 1.54) is 0 Å². The molecule has 0 unspecified atom stereocenters. The van der Waals surface area contributed by atoms with Crippen LogP contribution in [0.4, 0.5) is 0 Å². The van der Waals surface area contributed by atoms with Crippen molar-refractivity contribution < 1.29 is 14.3 Å². The first-order valence-corrected chi connectivity index (χ1v) is 11.0. The molecule has 2 aromatic rings. The zero-order valence-corrected chi connectivity index (χ0v) is 18.8. The van der Waals surface area contributed by atoms with Gasteiger partial charge < -0.3 is 14.5 Å². The minimum atomic E-state index is -0.742. The summed E-state index contributed by atoms with van der Waals surface area (Å²) in [6.45, 7) is 5.29. The van der Waals surface area contributed by atoms with E-state index in [-0.39, 0.29) is 24.2 Å². The van der Waals surface area contributed by atoms with Crippen LogP contribution in [0, 0.1) is 5.41 Å². The molecule has 1 heterocycles. The molecule has 158 valence electrons. The number of amides is 2. The van der Waals surface area contributed by atoms with Crippen LogP contribution in [0.15, 0.2) is 47.8 Å². The molecule has 1 aromatic carbocycles. The summed E-state index contributed by atoms with van der Waals surface area (Å²) in [5, 5.41) is 2.00. The van der Waals surface area contributed by atoms with Gasteiger partial charge in [-0.05, 0) is 30.9 Å². The number of thiophene rings is 1. The second kappa shape index (κ2) is 11.3. The number of carbonyl (C=O) groups is 2. The van der Waals surface area contributed by atoms with Crippen LogP contribution < -0.4 is 0 Å². The molecule has 2 amide bonds. The number of rotatable bonds is 11. The van der Waals surface area contributed by atoms with Crippen LogP contribution in [0.5, 0.6) is 0 Å². The van der Waals surface area contributed by atoms with E-state index in [2.05, 4.69) is 0 Å². The second-order valence-corrected chi connectivity index (χ2v) is 8.85. The maximum atomic E-state index is 13.2. The molecule has 0 aliphatic heterocycles. The second-order valence-electron chi connectivity index (χ2n) is 7.55. The Kier molecular flexibility index (Phi) is 9.14. The van der Waals surface area contributed by atoms with Crippen molar-refractivity contribution in [2.45, 2.75) is 26.9 Å². The number of benzene rings is 1. The molecule has 0 radical (unpaired) electrons. The normalized spacial score (nSPS) is 11.3. The number of hydrogen-bond donors (Lipinski definition) is 0. The van der Waals surface area contributed by atoms with Crippen LogP contribution in [0.3, 0.4) is 0 Å². The van der Waals surface area contributed by atoms with Gasteiger partial charge in [-0.15, -0.1) is 22.9 Å². The van der Waals surface area contributed by atoms with E-state index >= 15 is 0 Å². The van der Waals surface area contributed by atoms with Crippen molar-refractivity contribution in [2.75, 3.05) is 32.7 Å². The summed E-state index contributed by atoms with van der Waals surface area (Å²) in [5.74, 6) is -0.0577. The molecule has 0 spiro atoms. The molecule has 0 saturated carbocycles. The lowest BCUT2D eigenvalue weighted by molar-refractivity contribution is -0.146. The number of halogens is 1. The van der Waals surface area contributed by atoms with Gasteiger partial charge in [0.25, 0.3) is 0 Å². The van der Waals surface area contributed by atoms with E-state index in [9.17, 15) is 9.59 Å². The van der Waals surface area contributed by atoms with Gasteiger partial charge in [-0.1, -0.05) is 36.4 Å². The van der Waals surface area contributed by atoms with Crippen molar-refractivity contribution >= 4 is 34.8 Å². The zero-order valence-electron chi connectivity index (χ0n) is 17.3. The number of nitrogens with zero attached hydrogens (tertiary/aromatic N) is 2. The fourth-order valence-corrected chi connectivity index (χ4v) is 3.66. The predicted octanol–water partition coefficient (Wildman–Crippen LogP) is 4.02. The lowest BCUT2D eigenvalue weighted by atomic mass is 9.94. The molecule has 0 atom stereocenters. The van der Waals surface area contributed by atoms with E-state index in [0.29, 0.717) is 26.2 Å². The lowest BCUT2D eigenvalue weighted by Gasteiger charge is -2.32. The highest BCUT2D eigenvalue weighted by Crippen LogP contribution is 2.21. The fraction of sp³-hybridized carbons (Fsp3) is 0.455. The molecule has 29 heavy (non-hydrogen) atoms. The molecule has 5 nitrogen and oxygen atoms in total. The van der Waals surface area contributed by atoms with E-state index < -0.39 is 5.41 Å². The Morgan fingerprint density at radius 2 is 1.79 bits per heavy atom. The molecule has 0 aliphatic rings. The van der Waals surface area contributed by atoms with Crippen molar-refractivity contribution in [1.82, 2.24) is 9.80 Å². The van der Waals surface area contributed by atoms with Gasteiger partial charge in [0.2, 0.25) is 11.8 Å². The molecular weight excluding hydrogens is 408 g/mol. The van der Waals surface area contributed by atoms with Gasteiger partial charge in [-0.3, -0.25) is 9.59 Å². The summed E-state index contributed by atoms with van der Waals surface area (Å²) >= 11 is 7.61. The molecule has 0 aliphatic carbocycles. The van der Waals surface area contributed by atoms with Crippen molar-refractivity contribution in [3.05, 3.63) is 58.3 Å². The van der Waals surface area contributed by atoms with Gasteiger partial charge in [0.15, 0.2) is 0 Å². The SMILES string of the molecule is COCCN(CC(=O)N(Cc1ccccc1)Cc1cccs1)C(=O)C(C)(C)CCl. The van der Waals surface area contributed by atoms with Crippen molar-refractivity contribution in [3.8, 4) is 0 Å². The number of ether oxygens (including phenoxy) is 1. The van der Waals surface area contributed by atoms with Crippen molar-refractivity contribution in [3.63, 3.8) is 0 Å². The largest absolute Gasteiger partial charge is 0.383 e. The standard InChI is InChI=1S/C22H29ClN2O3S/c1-22(2,17-23)21(27)24(11-12-28-3)16-20(26)25(15-19-10-7-13-29-19)14-18-8-5-4-6-9-18/h4-10,13H,11-12,14-17H2,1-3H3. The first-order valence-electron chi connectivity index (χ1n) is 9.55. The number of hydrogen-bond acceptors (Lipinski definition) is 4. The highest BCUT2D eigenvalue weighted by atomic mass is 35.5. The summed E-state index contributed by atoms with van der Waals surface area (Å²) in [4.78, 5) is 30.6. The zero-order chi connectivity index (χ0) is 21.3. The number of carbonyl (C=O) groups excluding carboxylic acids is 2. The van der Waals surface area contributed by atoms with E-state index in [4.69, 9.17) is 16.3 Å². The third kappa shape index (κ3) is 7.14. The van der Waals surface area contributed by atoms with Crippen LogP contribution >= 0.6 is 22.9 Å². The number of methoxy groups -OCH3 is 1. The molecule has 0 fully saturated rings. The quantitative estimate of drug-likeness (QED) is 0.500. The summed E-state index contributed by atoms with van der Waals surface area (Å²) in [7, 11) is 1.58. The fourth-order valence-electron chi connectivity index (χ4n) is 2.83. The Morgan fingerprint density at radius 3 is 2.38 bits per heavy atom. The van der Waals surface area contributed by atoms with Crippen molar-refractivity contribution in [2.24, 2.45) is 5.41 Å². The molecule has 7 heteroatoms. The first kappa shape index (κ1) is 23.4. The van der Waals surface area contributed by atoms with Crippen LogP contribution in [0.1, 0.15) is 24.3 Å². The van der Waals surface area contributed by atoms with Gasteiger partial charge in [-0.25, -0.2) is 0 Å². The Bertz CT molecular complexity index is 766. The third-order valence-electron chi connectivity index (χ3n) is 4.59. The van der Waals surface area contributed by atoms with Gasteiger partial charge in [-0.2, -0.15) is 0 Å². The smallest absolute Gasteiger partial charge is 0.242 e. The lowest BCUT2D eigenvalue weighted by Crippen LogP contribution is -2.48. The minimum Gasteiger partial charge on any atom is -0.383 e. The first-order chi connectivity index (χ1) is 13.9. The topological polar surface area (TPSA) is 49.9 Å². The monoisotopic (exact) mass is 436 g/mol. The van der Waals surface area contributed by atoms with Gasteiger partial charge in [0.05, 0.1) is 25.1 Å². The molecule has 2 rings (SSSR count). The summed E-state index contributed by atoms with van der Waals surface area (Å²) in [5.41, 5.74) is 0.307. The highest BCUT2D eigenvalue weighted by Gasteiger charge is 2.33. The maximum absolute atomic E-state index is 13.2. The summed E-state index contributed by atoms with van der Waals surface area (Å²) in [6.07, 6.45) is 0. The Balaban J connectivity index is 2.18. The van der Waals surface area contributed by atoms with E-state index in [0.717, 1.165) is 10.4 Å². The highest BCUT2D eigenvalue weighted by molar-refractivity contribution is 7.09. The van der Waals surface area contributed by atoms with Crippen LogP contribution in [0.25, 0.3) is 0 Å².